The predicted octanol–water partition coefficient (Wildman–Crippen LogP) is 1.54. The van der Waals surface area contributed by atoms with Crippen LogP contribution in [0.4, 0.5) is 0 Å². The quantitative estimate of drug-likeness (QED) is 0.861. The number of benzene rings is 1. The zero-order valence-corrected chi connectivity index (χ0v) is 13.5. The molecular weight excluding hydrogens is 362 g/mol. The summed E-state index contributed by atoms with van der Waals surface area (Å²) in [6, 6.07) is 3.73. The number of halogens is 1. The molecule has 0 radical (unpaired) electrons. The number of hydrogen-bond donors (Lipinski definition) is 1. The van der Waals surface area contributed by atoms with Crippen LogP contribution in [-0.2, 0) is 14.6 Å². The lowest BCUT2D eigenvalue weighted by Crippen LogP contribution is -2.33. The number of carbonyl (C=O) groups excluding carboxylic acids is 1. The highest BCUT2D eigenvalue weighted by molar-refractivity contribution is 9.10. The molecule has 6 nitrogen and oxygen atoms in total. The van der Waals surface area contributed by atoms with Gasteiger partial charge in [-0.15, -0.1) is 0 Å². The standard InChI is InChI=1S/C13H14BrNO5S/c14-10-4-3-9(13(17)18)7-11(10)21(19,20)8-12(16)15-5-1-2-6-15/h3-4,7H,1-2,5-6,8H2,(H,17,18). The Labute approximate surface area is 130 Å². The van der Waals surface area contributed by atoms with Crippen molar-refractivity contribution in [1.29, 1.82) is 0 Å². The largest absolute Gasteiger partial charge is 0.478 e. The third kappa shape index (κ3) is 3.62. The Kier molecular flexibility index (Phi) is 4.67. The van der Waals surface area contributed by atoms with Gasteiger partial charge in [0.25, 0.3) is 0 Å². The second-order valence-electron chi connectivity index (χ2n) is 4.80. The minimum absolute atomic E-state index is 0.134. The van der Waals surface area contributed by atoms with E-state index < -0.39 is 27.5 Å². The Morgan fingerprint density at radius 2 is 1.86 bits per heavy atom. The zero-order valence-electron chi connectivity index (χ0n) is 11.1. The molecule has 0 saturated carbocycles. The lowest BCUT2D eigenvalue weighted by atomic mass is 10.2. The Morgan fingerprint density at radius 3 is 2.43 bits per heavy atom. The third-order valence-electron chi connectivity index (χ3n) is 3.29. The second-order valence-corrected chi connectivity index (χ2v) is 7.61. The van der Waals surface area contributed by atoms with Crippen molar-refractivity contribution in [3.63, 3.8) is 0 Å². The number of rotatable bonds is 4. The molecular formula is C13H14BrNO5S. The van der Waals surface area contributed by atoms with Crippen molar-refractivity contribution in [3.05, 3.63) is 28.2 Å². The van der Waals surface area contributed by atoms with Crippen LogP contribution in [0.15, 0.2) is 27.6 Å². The molecule has 0 aliphatic carbocycles. The molecule has 0 aromatic heterocycles. The average Bonchev–Trinajstić information content (AvgIpc) is 2.92. The van der Waals surface area contributed by atoms with Gasteiger partial charge in [0.1, 0.15) is 5.75 Å². The molecule has 1 heterocycles. The van der Waals surface area contributed by atoms with E-state index in [1.807, 2.05) is 0 Å². The van der Waals surface area contributed by atoms with Gasteiger partial charge in [-0.25, -0.2) is 13.2 Å². The van der Waals surface area contributed by atoms with Gasteiger partial charge in [-0.3, -0.25) is 4.79 Å². The topological polar surface area (TPSA) is 91.7 Å². The molecule has 1 fully saturated rings. The molecule has 0 spiro atoms. The maximum absolute atomic E-state index is 12.3. The maximum atomic E-state index is 12.3. The van der Waals surface area contributed by atoms with Gasteiger partial charge in [0.15, 0.2) is 9.84 Å². The molecule has 0 bridgehead atoms. The predicted molar refractivity (Wildman–Crippen MR) is 79.0 cm³/mol. The van der Waals surface area contributed by atoms with Crippen molar-refractivity contribution in [3.8, 4) is 0 Å². The van der Waals surface area contributed by atoms with Crippen LogP contribution in [-0.4, -0.2) is 49.1 Å². The van der Waals surface area contributed by atoms with Crippen molar-refractivity contribution in [2.75, 3.05) is 18.8 Å². The summed E-state index contributed by atoms with van der Waals surface area (Å²) in [5.41, 5.74) is -0.134. The first-order valence-corrected chi connectivity index (χ1v) is 8.79. The Hall–Kier alpha value is -1.41. The summed E-state index contributed by atoms with van der Waals surface area (Å²) in [6.07, 6.45) is 1.76. The van der Waals surface area contributed by atoms with E-state index in [-0.39, 0.29) is 14.9 Å². The first-order valence-electron chi connectivity index (χ1n) is 6.34. The van der Waals surface area contributed by atoms with E-state index in [9.17, 15) is 18.0 Å². The van der Waals surface area contributed by atoms with Crippen molar-refractivity contribution >= 4 is 37.6 Å². The molecule has 1 amide bonds. The van der Waals surface area contributed by atoms with Gasteiger partial charge in [-0.1, -0.05) is 0 Å². The third-order valence-corrected chi connectivity index (χ3v) is 5.87. The summed E-state index contributed by atoms with van der Waals surface area (Å²) in [6.45, 7) is 1.15. The van der Waals surface area contributed by atoms with Crippen LogP contribution in [0.1, 0.15) is 23.2 Å². The van der Waals surface area contributed by atoms with Gasteiger partial charge >= 0.3 is 5.97 Å². The molecule has 1 aromatic rings. The average molecular weight is 376 g/mol. The van der Waals surface area contributed by atoms with Crippen LogP contribution < -0.4 is 0 Å². The molecule has 1 N–H and O–H groups in total. The molecule has 0 unspecified atom stereocenters. The Balaban J connectivity index is 2.28. The molecule has 0 atom stereocenters. The van der Waals surface area contributed by atoms with E-state index in [0.717, 1.165) is 18.9 Å². The molecule has 2 rings (SSSR count). The van der Waals surface area contributed by atoms with Crippen molar-refractivity contribution in [1.82, 2.24) is 4.90 Å². The summed E-state index contributed by atoms with van der Waals surface area (Å²) in [4.78, 5) is 24.3. The fourth-order valence-electron chi connectivity index (χ4n) is 2.17. The molecule has 1 aliphatic rings. The van der Waals surface area contributed by atoms with E-state index in [4.69, 9.17) is 5.11 Å². The lowest BCUT2D eigenvalue weighted by molar-refractivity contribution is -0.127. The van der Waals surface area contributed by atoms with Gasteiger partial charge in [0, 0.05) is 17.6 Å². The summed E-state index contributed by atoms with van der Waals surface area (Å²) < 4.78 is 24.9. The highest BCUT2D eigenvalue weighted by Gasteiger charge is 2.27. The number of aromatic carboxylic acids is 1. The van der Waals surface area contributed by atoms with Crippen molar-refractivity contribution in [2.24, 2.45) is 0 Å². The van der Waals surface area contributed by atoms with Crippen molar-refractivity contribution in [2.45, 2.75) is 17.7 Å². The van der Waals surface area contributed by atoms with Gasteiger partial charge in [0.2, 0.25) is 5.91 Å². The fraction of sp³-hybridized carbons (Fsp3) is 0.385. The van der Waals surface area contributed by atoms with Gasteiger partial charge in [-0.2, -0.15) is 0 Å². The number of nitrogens with zero attached hydrogens (tertiary/aromatic N) is 1. The summed E-state index contributed by atoms with van der Waals surface area (Å²) in [5, 5.41) is 8.94. The van der Waals surface area contributed by atoms with Crippen LogP contribution >= 0.6 is 15.9 Å². The van der Waals surface area contributed by atoms with Crippen LogP contribution in [0.5, 0.6) is 0 Å². The number of carbonyl (C=O) groups is 2. The van der Waals surface area contributed by atoms with Gasteiger partial charge in [-0.05, 0) is 47.0 Å². The smallest absolute Gasteiger partial charge is 0.335 e. The zero-order chi connectivity index (χ0) is 15.6. The van der Waals surface area contributed by atoms with E-state index in [1.165, 1.54) is 17.0 Å². The molecule has 1 aliphatic heterocycles. The first kappa shape index (κ1) is 16.0. The van der Waals surface area contributed by atoms with Crippen LogP contribution in [0.25, 0.3) is 0 Å². The molecule has 114 valence electrons. The van der Waals surface area contributed by atoms with E-state index in [2.05, 4.69) is 15.9 Å². The first-order chi connectivity index (χ1) is 9.81. The molecule has 21 heavy (non-hydrogen) atoms. The van der Waals surface area contributed by atoms with Crippen molar-refractivity contribution < 1.29 is 23.1 Å². The van der Waals surface area contributed by atoms with Crippen LogP contribution in [0, 0.1) is 0 Å². The number of carboxylic acid groups (broad SMARTS) is 1. The monoisotopic (exact) mass is 375 g/mol. The molecule has 1 aromatic carbocycles. The van der Waals surface area contributed by atoms with E-state index in [0.29, 0.717) is 13.1 Å². The van der Waals surface area contributed by atoms with E-state index in [1.54, 1.807) is 0 Å². The van der Waals surface area contributed by atoms with Gasteiger partial charge in [0.05, 0.1) is 10.5 Å². The number of amides is 1. The summed E-state index contributed by atoms with van der Waals surface area (Å²) >= 11 is 3.09. The summed E-state index contributed by atoms with van der Waals surface area (Å²) in [7, 11) is -3.89. The number of likely N-dealkylation sites (tertiary alicyclic amines) is 1. The normalized spacial score (nSPS) is 15.2. The van der Waals surface area contributed by atoms with Gasteiger partial charge < -0.3 is 10.0 Å². The Morgan fingerprint density at radius 1 is 1.24 bits per heavy atom. The molecule has 8 heteroatoms. The molecule has 1 saturated heterocycles. The minimum Gasteiger partial charge on any atom is -0.478 e. The minimum atomic E-state index is -3.89. The Bertz CT molecular complexity index is 680. The number of carboxylic acids is 1. The summed E-state index contributed by atoms with van der Waals surface area (Å²) in [5.74, 6) is -2.31. The number of hydrogen-bond acceptors (Lipinski definition) is 4. The second kappa shape index (κ2) is 6.15. The lowest BCUT2D eigenvalue weighted by Gasteiger charge is -2.15. The van der Waals surface area contributed by atoms with E-state index >= 15 is 0 Å². The van der Waals surface area contributed by atoms with Crippen LogP contribution in [0.3, 0.4) is 0 Å². The highest BCUT2D eigenvalue weighted by atomic mass is 79.9. The van der Waals surface area contributed by atoms with Crippen LogP contribution in [0.2, 0.25) is 0 Å². The fourth-order valence-corrected chi connectivity index (χ4v) is 4.49. The maximum Gasteiger partial charge on any atom is 0.335 e. The SMILES string of the molecule is O=C(O)c1ccc(Br)c(S(=O)(=O)CC(=O)N2CCCC2)c1. The number of sulfone groups is 1. The highest BCUT2D eigenvalue weighted by Crippen LogP contribution is 2.25.